The van der Waals surface area contributed by atoms with Crippen molar-refractivity contribution < 1.29 is 0 Å². The van der Waals surface area contributed by atoms with E-state index in [0.717, 1.165) is 0 Å². The quantitative estimate of drug-likeness (QED) is 0.639. The Bertz CT molecular complexity index is 80.5. The van der Waals surface area contributed by atoms with Crippen LogP contribution < -0.4 is 5.73 Å². The van der Waals surface area contributed by atoms with Gasteiger partial charge in [0.05, 0.1) is 0 Å². The summed E-state index contributed by atoms with van der Waals surface area (Å²) < 4.78 is 0. The first kappa shape index (κ1) is 14.0. The zero-order valence-corrected chi connectivity index (χ0v) is 8.59. The van der Waals surface area contributed by atoms with E-state index < -0.39 is 0 Å². The van der Waals surface area contributed by atoms with Gasteiger partial charge in [0.2, 0.25) is 0 Å². The Morgan fingerprint density at radius 2 is 1.82 bits per heavy atom. The third-order valence-electron chi connectivity index (χ3n) is 2.00. The molecule has 1 fully saturated rings. The number of hydrogen-bond donors (Lipinski definition) is 1. The molecule has 70 valence electrons. The minimum atomic E-state index is 0. The summed E-state index contributed by atoms with van der Waals surface area (Å²) in [6.07, 6.45) is 3.67. The van der Waals surface area contributed by atoms with Crippen LogP contribution in [0, 0.1) is 0 Å². The lowest BCUT2D eigenvalue weighted by Crippen LogP contribution is -2.23. The van der Waals surface area contributed by atoms with Gasteiger partial charge in [-0.2, -0.15) is 0 Å². The van der Waals surface area contributed by atoms with Gasteiger partial charge in [-0.3, -0.25) is 0 Å². The molecule has 0 amide bonds. The van der Waals surface area contributed by atoms with Crippen LogP contribution in [-0.2, 0) is 0 Å². The molecule has 0 spiro atoms. The van der Waals surface area contributed by atoms with Gasteiger partial charge >= 0.3 is 0 Å². The predicted molar refractivity (Wildman–Crippen MR) is 53.8 cm³/mol. The maximum atomic E-state index is 5.77. The fourth-order valence-electron chi connectivity index (χ4n) is 1.27. The lowest BCUT2D eigenvalue weighted by Gasteiger charge is -2.11. The highest BCUT2D eigenvalue weighted by atomic mass is 35.5. The van der Waals surface area contributed by atoms with E-state index in [9.17, 15) is 0 Å². The van der Waals surface area contributed by atoms with E-state index >= 15 is 0 Å². The monoisotopic (exact) mass is 200 g/mol. The second-order valence-electron chi connectivity index (χ2n) is 2.99. The molecule has 2 nitrogen and oxygen atoms in total. The van der Waals surface area contributed by atoms with E-state index in [4.69, 9.17) is 5.73 Å². The molecular formula is C7H18Cl2N2. The third kappa shape index (κ3) is 5.74. The Hall–Kier alpha value is 0.500. The smallest absolute Gasteiger partial charge is 0.00514 e. The molecule has 1 atom stereocenters. The Balaban J connectivity index is 0. The molecule has 1 aliphatic heterocycles. The number of rotatable bonds is 0. The summed E-state index contributed by atoms with van der Waals surface area (Å²) in [7, 11) is 2.16. The fraction of sp³-hybridized carbons (Fsp3) is 1.00. The van der Waals surface area contributed by atoms with Crippen molar-refractivity contribution in [2.45, 2.75) is 25.3 Å². The second kappa shape index (κ2) is 7.17. The van der Waals surface area contributed by atoms with Crippen molar-refractivity contribution in [3.63, 3.8) is 0 Å². The average Bonchev–Trinajstić information content (AvgIpc) is 1.97. The summed E-state index contributed by atoms with van der Waals surface area (Å²) in [6.45, 7) is 2.41. The van der Waals surface area contributed by atoms with Crippen LogP contribution in [0.3, 0.4) is 0 Å². The van der Waals surface area contributed by atoms with E-state index in [1.807, 2.05) is 0 Å². The molecule has 0 aliphatic carbocycles. The molecule has 0 radical (unpaired) electrons. The van der Waals surface area contributed by atoms with Crippen molar-refractivity contribution in [2.75, 3.05) is 20.1 Å². The largest absolute Gasteiger partial charge is 0.328 e. The van der Waals surface area contributed by atoms with Gasteiger partial charge in [-0.1, -0.05) is 0 Å². The van der Waals surface area contributed by atoms with Gasteiger partial charge in [-0.25, -0.2) is 0 Å². The standard InChI is InChI=1S/C7H16N2.2ClH/c1-9-5-2-3-7(8)4-6-9;;/h7H,2-6,8H2,1H3;2*1H. The van der Waals surface area contributed by atoms with E-state index in [-0.39, 0.29) is 24.8 Å². The molecule has 2 N–H and O–H groups in total. The SMILES string of the molecule is CN1CCCC(N)CC1.Cl.Cl. The summed E-state index contributed by atoms with van der Waals surface area (Å²) >= 11 is 0. The number of hydrogen-bond acceptors (Lipinski definition) is 2. The maximum absolute atomic E-state index is 5.77. The topological polar surface area (TPSA) is 29.3 Å². The van der Waals surface area contributed by atoms with E-state index in [2.05, 4.69) is 11.9 Å². The molecule has 1 saturated heterocycles. The average molecular weight is 201 g/mol. The fourth-order valence-corrected chi connectivity index (χ4v) is 1.27. The van der Waals surface area contributed by atoms with Crippen molar-refractivity contribution in [1.29, 1.82) is 0 Å². The summed E-state index contributed by atoms with van der Waals surface area (Å²) in [5, 5.41) is 0. The molecular weight excluding hydrogens is 183 g/mol. The predicted octanol–water partition coefficient (Wildman–Crippen LogP) is 1.27. The van der Waals surface area contributed by atoms with Gasteiger partial charge in [0.25, 0.3) is 0 Å². The summed E-state index contributed by atoms with van der Waals surface area (Å²) in [6, 6.07) is 0.468. The molecule has 1 unspecified atom stereocenters. The van der Waals surface area contributed by atoms with Crippen molar-refractivity contribution in [1.82, 2.24) is 4.90 Å². The number of nitrogens with zero attached hydrogens (tertiary/aromatic N) is 1. The van der Waals surface area contributed by atoms with Crippen LogP contribution in [0.1, 0.15) is 19.3 Å². The third-order valence-corrected chi connectivity index (χ3v) is 2.00. The first-order valence-electron chi connectivity index (χ1n) is 3.73. The van der Waals surface area contributed by atoms with Crippen LogP contribution in [0.25, 0.3) is 0 Å². The van der Waals surface area contributed by atoms with Crippen molar-refractivity contribution >= 4 is 24.8 Å². The van der Waals surface area contributed by atoms with Crippen LogP contribution in [0.15, 0.2) is 0 Å². The van der Waals surface area contributed by atoms with Gasteiger partial charge in [0, 0.05) is 6.04 Å². The van der Waals surface area contributed by atoms with Crippen LogP contribution >= 0.6 is 24.8 Å². The van der Waals surface area contributed by atoms with Crippen LogP contribution in [-0.4, -0.2) is 31.1 Å². The van der Waals surface area contributed by atoms with E-state index in [1.165, 1.54) is 32.4 Å². The highest BCUT2D eigenvalue weighted by Gasteiger charge is 2.09. The van der Waals surface area contributed by atoms with Crippen LogP contribution in [0.2, 0.25) is 0 Å². The Morgan fingerprint density at radius 3 is 2.45 bits per heavy atom. The molecule has 0 aromatic rings. The Labute approximate surface area is 81.3 Å². The lowest BCUT2D eigenvalue weighted by molar-refractivity contribution is 0.347. The molecule has 4 heteroatoms. The maximum Gasteiger partial charge on any atom is 0.00514 e. The zero-order valence-electron chi connectivity index (χ0n) is 6.95. The van der Waals surface area contributed by atoms with Crippen molar-refractivity contribution in [3.05, 3.63) is 0 Å². The first-order chi connectivity index (χ1) is 4.29. The van der Waals surface area contributed by atoms with Gasteiger partial charge in [-0.15, -0.1) is 24.8 Å². The summed E-state index contributed by atoms with van der Waals surface area (Å²) in [4.78, 5) is 2.35. The van der Waals surface area contributed by atoms with Gasteiger partial charge < -0.3 is 10.6 Å². The summed E-state index contributed by atoms with van der Waals surface area (Å²) in [5.41, 5.74) is 5.77. The first-order valence-corrected chi connectivity index (χ1v) is 3.73. The minimum Gasteiger partial charge on any atom is -0.328 e. The Morgan fingerprint density at radius 1 is 1.18 bits per heavy atom. The molecule has 0 saturated carbocycles. The van der Waals surface area contributed by atoms with Gasteiger partial charge in [0.15, 0.2) is 0 Å². The van der Waals surface area contributed by atoms with Crippen molar-refractivity contribution in [2.24, 2.45) is 5.73 Å². The summed E-state index contributed by atoms with van der Waals surface area (Å²) in [5.74, 6) is 0. The molecule has 1 rings (SSSR count). The zero-order chi connectivity index (χ0) is 6.69. The number of halogens is 2. The van der Waals surface area contributed by atoms with E-state index in [0.29, 0.717) is 6.04 Å². The number of likely N-dealkylation sites (tertiary alicyclic amines) is 1. The van der Waals surface area contributed by atoms with Gasteiger partial charge in [-0.05, 0) is 39.4 Å². The molecule has 1 aliphatic rings. The van der Waals surface area contributed by atoms with Crippen molar-refractivity contribution in [3.8, 4) is 0 Å². The minimum absolute atomic E-state index is 0. The lowest BCUT2D eigenvalue weighted by atomic mass is 10.1. The highest BCUT2D eigenvalue weighted by Crippen LogP contribution is 2.06. The van der Waals surface area contributed by atoms with E-state index in [1.54, 1.807) is 0 Å². The normalized spacial score (nSPS) is 26.2. The van der Waals surface area contributed by atoms with Gasteiger partial charge in [0.1, 0.15) is 0 Å². The highest BCUT2D eigenvalue weighted by molar-refractivity contribution is 5.85. The molecule has 11 heavy (non-hydrogen) atoms. The second-order valence-corrected chi connectivity index (χ2v) is 2.99. The van der Waals surface area contributed by atoms with Crippen LogP contribution in [0.4, 0.5) is 0 Å². The number of nitrogens with two attached hydrogens (primary N) is 1. The molecule has 0 bridgehead atoms. The molecule has 0 aromatic heterocycles. The Kier molecular flexibility index (Phi) is 9.15. The molecule has 1 heterocycles. The van der Waals surface area contributed by atoms with Crippen LogP contribution in [0.5, 0.6) is 0 Å². The molecule has 0 aromatic carbocycles.